The second-order valence-electron chi connectivity index (χ2n) is 8.29. The maximum absolute atomic E-state index is 13.2. The van der Waals surface area contributed by atoms with Gasteiger partial charge in [0.2, 0.25) is 12.7 Å². The second kappa shape index (κ2) is 9.77. The molecule has 1 N–H and O–H groups in total. The van der Waals surface area contributed by atoms with Gasteiger partial charge < -0.3 is 19.4 Å². The van der Waals surface area contributed by atoms with E-state index in [0.717, 1.165) is 46.8 Å². The Morgan fingerprint density at radius 3 is 2.61 bits per heavy atom. The molecule has 0 saturated carbocycles. The number of nitrogens with one attached hydrogen (secondary N) is 1. The molecule has 0 radical (unpaired) electrons. The number of benzene rings is 3. The zero-order valence-corrected chi connectivity index (χ0v) is 18.5. The molecular formula is C27H27N3O3. The predicted octanol–water partition coefficient (Wildman–Crippen LogP) is 4.89. The van der Waals surface area contributed by atoms with E-state index in [1.54, 1.807) is 0 Å². The molecule has 6 heteroatoms. The largest absolute Gasteiger partial charge is 0.454 e. The summed E-state index contributed by atoms with van der Waals surface area (Å²) in [5, 5.41) is 0. The zero-order chi connectivity index (χ0) is 22.5. The van der Waals surface area contributed by atoms with Gasteiger partial charge in [0, 0.05) is 25.9 Å². The molecule has 2 heterocycles. The highest BCUT2D eigenvalue weighted by atomic mass is 16.7. The maximum Gasteiger partial charge on any atom is 0.231 e. The van der Waals surface area contributed by atoms with E-state index >= 15 is 0 Å². The van der Waals surface area contributed by atoms with E-state index in [4.69, 9.17) is 9.47 Å². The third-order valence-electron chi connectivity index (χ3n) is 5.91. The predicted molar refractivity (Wildman–Crippen MR) is 127 cm³/mol. The van der Waals surface area contributed by atoms with Crippen LogP contribution in [0.1, 0.15) is 29.8 Å². The first-order valence-electron chi connectivity index (χ1n) is 11.4. The number of aromatic nitrogens is 2. The molecule has 5 rings (SSSR count). The fourth-order valence-electron chi connectivity index (χ4n) is 4.18. The number of fused-ring (bicyclic) bond motifs is 2. The van der Waals surface area contributed by atoms with E-state index in [-0.39, 0.29) is 12.7 Å². The molecule has 1 amide bonds. The Bertz CT molecular complexity index is 1200. The molecule has 0 atom stereocenters. The summed E-state index contributed by atoms with van der Waals surface area (Å²) in [6.07, 6.45) is 2.85. The number of amides is 1. The van der Waals surface area contributed by atoms with Gasteiger partial charge in [-0.2, -0.15) is 0 Å². The number of imidazole rings is 1. The number of carbonyl (C=O) groups excluding carboxylic acids is 1. The number of hydrogen-bond acceptors (Lipinski definition) is 4. The number of ether oxygens (including phenoxy) is 2. The molecule has 3 aromatic carbocycles. The van der Waals surface area contributed by atoms with Crippen molar-refractivity contribution in [2.24, 2.45) is 0 Å². The van der Waals surface area contributed by atoms with Gasteiger partial charge in [-0.1, -0.05) is 48.5 Å². The lowest BCUT2D eigenvalue weighted by atomic mass is 10.1. The van der Waals surface area contributed by atoms with E-state index < -0.39 is 0 Å². The van der Waals surface area contributed by atoms with Crippen molar-refractivity contribution < 1.29 is 14.3 Å². The number of aryl methyl sites for hydroxylation is 2. The van der Waals surface area contributed by atoms with Crippen LogP contribution in [0.5, 0.6) is 11.5 Å². The van der Waals surface area contributed by atoms with Gasteiger partial charge in [-0.05, 0) is 48.2 Å². The number of nitrogens with zero attached hydrogens (tertiary/aromatic N) is 2. The van der Waals surface area contributed by atoms with E-state index in [1.807, 2.05) is 53.4 Å². The van der Waals surface area contributed by atoms with Crippen LogP contribution >= 0.6 is 0 Å². The summed E-state index contributed by atoms with van der Waals surface area (Å²) >= 11 is 0. The molecule has 1 aromatic heterocycles. The fraction of sp³-hybridized carbons (Fsp3) is 0.259. The zero-order valence-electron chi connectivity index (χ0n) is 18.5. The number of hydrogen-bond donors (Lipinski definition) is 1. The first-order valence-corrected chi connectivity index (χ1v) is 11.4. The molecule has 0 aliphatic carbocycles. The van der Waals surface area contributed by atoms with E-state index in [9.17, 15) is 4.79 Å². The molecule has 6 nitrogen and oxygen atoms in total. The second-order valence-corrected chi connectivity index (χ2v) is 8.29. The lowest BCUT2D eigenvalue weighted by Crippen LogP contribution is -2.32. The minimum Gasteiger partial charge on any atom is -0.454 e. The van der Waals surface area contributed by atoms with Crippen LogP contribution in [-0.4, -0.2) is 34.1 Å². The smallest absolute Gasteiger partial charge is 0.231 e. The Morgan fingerprint density at radius 1 is 0.909 bits per heavy atom. The SMILES string of the molecule is O=C(CCc1nc2ccccc2[nH]1)N(CCCc1ccccc1)Cc1ccc2c(c1)OCO2. The monoisotopic (exact) mass is 441 g/mol. The first kappa shape index (κ1) is 21.1. The van der Waals surface area contributed by atoms with Crippen LogP contribution in [-0.2, 0) is 24.2 Å². The molecule has 0 spiro atoms. The normalized spacial score (nSPS) is 12.2. The van der Waals surface area contributed by atoms with E-state index in [2.05, 4.69) is 34.2 Å². The molecular weight excluding hydrogens is 414 g/mol. The molecule has 1 aliphatic heterocycles. The molecule has 0 bridgehead atoms. The highest BCUT2D eigenvalue weighted by molar-refractivity contribution is 5.77. The van der Waals surface area contributed by atoms with Crippen LogP contribution < -0.4 is 9.47 Å². The Hall–Kier alpha value is -3.80. The Labute approximate surface area is 193 Å². The highest BCUT2D eigenvalue weighted by Crippen LogP contribution is 2.33. The maximum atomic E-state index is 13.2. The van der Waals surface area contributed by atoms with Crippen LogP contribution in [0.2, 0.25) is 0 Å². The molecule has 0 fully saturated rings. The average Bonchev–Trinajstić information content (AvgIpc) is 3.48. The van der Waals surface area contributed by atoms with Crippen LogP contribution in [0.4, 0.5) is 0 Å². The standard InChI is InChI=1S/C27H27N3O3/c31-27(15-14-26-28-22-10-4-5-11-23(22)29-26)30(16-6-9-20-7-2-1-3-8-20)18-21-12-13-24-25(17-21)33-19-32-24/h1-5,7-8,10-13,17H,6,9,14-16,18-19H2,(H,28,29). The highest BCUT2D eigenvalue weighted by Gasteiger charge is 2.18. The molecule has 33 heavy (non-hydrogen) atoms. The lowest BCUT2D eigenvalue weighted by molar-refractivity contribution is -0.131. The summed E-state index contributed by atoms with van der Waals surface area (Å²) in [4.78, 5) is 23.1. The van der Waals surface area contributed by atoms with Gasteiger partial charge in [-0.3, -0.25) is 4.79 Å². The van der Waals surface area contributed by atoms with Gasteiger partial charge in [0.15, 0.2) is 11.5 Å². The minimum absolute atomic E-state index is 0.126. The number of H-pyrrole nitrogens is 1. The van der Waals surface area contributed by atoms with Crippen molar-refractivity contribution in [3.8, 4) is 11.5 Å². The van der Waals surface area contributed by atoms with Gasteiger partial charge in [0.25, 0.3) is 0 Å². The first-order chi connectivity index (χ1) is 16.2. The molecule has 4 aromatic rings. The summed E-state index contributed by atoms with van der Waals surface area (Å²) in [7, 11) is 0. The van der Waals surface area contributed by atoms with Gasteiger partial charge >= 0.3 is 0 Å². The van der Waals surface area contributed by atoms with Gasteiger partial charge in [0.05, 0.1) is 11.0 Å². The van der Waals surface area contributed by atoms with Crippen molar-refractivity contribution in [1.82, 2.24) is 14.9 Å². The molecule has 0 unspecified atom stereocenters. The third kappa shape index (κ3) is 5.17. The summed E-state index contributed by atoms with van der Waals surface area (Å²) in [6, 6.07) is 24.2. The van der Waals surface area contributed by atoms with Crippen molar-refractivity contribution in [3.05, 3.63) is 89.7 Å². The van der Waals surface area contributed by atoms with Crippen LogP contribution in [0, 0.1) is 0 Å². The number of para-hydroxylation sites is 2. The van der Waals surface area contributed by atoms with Crippen molar-refractivity contribution in [2.75, 3.05) is 13.3 Å². The van der Waals surface area contributed by atoms with Crippen molar-refractivity contribution >= 4 is 16.9 Å². The van der Waals surface area contributed by atoms with Gasteiger partial charge in [-0.25, -0.2) is 4.98 Å². The van der Waals surface area contributed by atoms with Crippen LogP contribution in [0.15, 0.2) is 72.8 Å². The Balaban J connectivity index is 1.25. The Morgan fingerprint density at radius 2 is 1.73 bits per heavy atom. The lowest BCUT2D eigenvalue weighted by Gasteiger charge is -2.23. The minimum atomic E-state index is 0.126. The summed E-state index contributed by atoms with van der Waals surface area (Å²) in [5.74, 6) is 2.47. The van der Waals surface area contributed by atoms with Gasteiger partial charge in [0.1, 0.15) is 5.82 Å². The molecule has 1 aliphatic rings. The quantitative estimate of drug-likeness (QED) is 0.402. The number of carbonyl (C=O) groups is 1. The van der Waals surface area contributed by atoms with Crippen molar-refractivity contribution in [1.29, 1.82) is 0 Å². The topological polar surface area (TPSA) is 67.5 Å². The van der Waals surface area contributed by atoms with E-state index in [0.29, 0.717) is 25.9 Å². The van der Waals surface area contributed by atoms with E-state index in [1.165, 1.54) is 5.56 Å². The summed E-state index contributed by atoms with van der Waals surface area (Å²) in [5.41, 5.74) is 4.26. The fourth-order valence-corrected chi connectivity index (χ4v) is 4.18. The average molecular weight is 442 g/mol. The van der Waals surface area contributed by atoms with Gasteiger partial charge in [-0.15, -0.1) is 0 Å². The Kier molecular flexibility index (Phi) is 6.24. The van der Waals surface area contributed by atoms with Crippen LogP contribution in [0.25, 0.3) is 11.0 Å². The van der Waals surface area contributed by atoms with Crippen molar-refractivity contribution in [2.45, 2.75) is 32.2 Å². The third-order valence-corrected chi connectivity index (χ3v) is 5.91. The number of rotatable bonds is 9. The van der Waals surface area contributed by atoms with Crippen molar-refractivity contribution in [3.63, 3.8) is 0 Å². The summed E-state index contributed by atoms with van der Waals surface area (Å²) in [6.45, 7) is 1.49. The van der Waals surface area contributed by atoms with Crippen LogP contribution in [0.3, 0.4) is 0 Å². The number of aromatic amines is 1. The summed E-state index contributed by atoms with van der Waals surface area (Å²) < 4.78 is 10.9. The molecule has 0 saturated heterocycles. The molecule has 168 valence electrons.